The lowest BCUT2D eigenvalue weighted by molar-refractivity contribution is 0.00545. The number of aliphatic imine (C=N–C) groups is 1. The van der Waals surface area contributed by atoms with Gasteiger partial charge in [-0.1, -0.05) is 0 Å². The van der Waals surface area contributed by atoms with Crippen LogP contribution in [0.15, 0.2) is 4.99 Å². The molecule has 30 heavy (non-hydrogen) atoms. The summed E-state index contributed by atoms with van der Waals surface area (Å²) in [6.07, 6.45) is 4.74. The first-order valence-corrected chi connectivity index (χ1v) is 12.0. The minimum absolute atomic E-state index is 0.163. The van der Waals surface area contributed by atoms with Crippen molar-refractivity contribution in [3.63, 3.8) is 0 Å². The molecule has 0 saturated carbocycles. The zero-order valence-corrected chi connectivity index (χ0v) is 20.1. The number of carbonyl (C=O) groups excluding carboxylic acids is 1. The minimum Gasteiger partial charge on any atom is -0.444 e. The van der Waals surface area contributed by atoms with Crippen LogP contribution in [0.2, 0.25) is 0 Å². The molecule has 2 fully saturated rings. The van der Waals surface area contributed by atoms with Crippen LogP contribution in [0.5, 0.6) is 0 Å². The number of guanidine groups is 1. The van der Waals surface area contributed by atoms with Crippen molar-refractivity contribution in [2.75, 3.05) is 13.1 Å². The predicted molar refractivity (Wildman–Crippen MR) is 122 cm³/mol. The van der Waals surface area contributed by atoms with Gasteiger partial charge in [-0.3, -0.25) is 4.99 Å². The Kier molecular flexibility index (Phi) is 7.26. The summed E-state index contributed by atoms with van der Waals surface area (Å²) in [4.78, 5) is 25.3. The zero-order chi connectivity index (χ0) is 21.9. The predicted octanol–water partition coefficient (Wildman–Crippen LogP) is 3.79. The van der Waals surface area contributed by atoms with Gasteiger partial charge in [0.2, 0.25) is 0 Å². The van der Waals surface area contributed by atoms with Crippen LogP contribution in [0.4, 0.5) is 4.79 Å². The maximum absolute atomic E-state index is 12.7. The fraction of sp³-hybridized carbons (Fsp3) is 0.773. The SMILES string of the molecule is CCNC(=NCCc1sc(C)nc1C)NC1CC2CCC(C1)N2C(=O)OC(C)(C)C. The van der Waals surface area contributed by atoms with Gasteiger partial charge in [0.15, 0.2) is 5.96 Å². The number of nitrogens with one attached hydrogen (secondary N) is 2. The van der Waals surface area contributed by atoms with Crippen molar-refractivity contribution >= 4 is 23.4 Å². The van der Waals surface area contributed by atoms with Crippen LogP contribution < -0.4 is 10.6 Å². The van der Waals surface area contributed by atoms with E-state index in [4.69, 9.17) is 9.73 Å². The zero-order valence-electron chi connectivity index (χ0n) is 19.2. The number of carbonyl (C=O) groups is 1. The molecule has 0 spiro atoms. The van der Waals surface area contributed by atoms with E-state index in [1.54, 1.807) is 11.3 Å². The highest BCUT2D eigenvalue weighted by atomic mass is 32.1. The lowest BCUT2D eigenvalue weighted by Crippen LogP contribution is -2.55. The van der Waals surface area contributed by atoms with Crippen molar-refractivity contribution in [1.29, 1.82) is 0 Å². The van der Waals surface area contributed by atoms with E-state index in [0.717, 1.165) is 61.9 Å². The first-order chi connectivity index (χ1) is 14.2. The molecule has 2 unspecified atom stereocenters. The second kappa shape index (κ2) is 9.54. The van der Waals surface area contributed by atoms with Crippen LogP contribution in [0.25, 0.3) is 0 Å². The molecule has 168 valence electrons. The maximum atomic E-state index is 12.7. The molecule has 0 radical (unpaired) electrons. The third kappa shape index (κ3) is 5.86. The van der Waals surface area contributed by atoms with Gasteiger partial charge < -0.3 is 20.3 Å². The van der Waals surface area contributed by atoms with Crippen molar-refractivity contribution in [2.45, 2.75) is 97.4 Å². The highest BCUT2D eigenvalue weighted by molar-refractivity contribution is 7.11. The number of nitrogens with zero attached hydrogens (tertiary/aromatic N) is 3. The number of piperidine rings is 1. The Labute approximate surface area is 184 Å². The summed E-state index contributed by atoms with van der Waals surface area (Å²) in [5.41, 5.74) is 0.669. The molecule has 2 bridgehead atoms. The van der Waals surface area contributed by atoms with E-state index >= 15 is 0 Å². The molecule has 2 aliphatic rings. The molecular formula is C22H37N5O2S. The standard InChI is InChI=1S/C22H37N5O2S/c1-7-23-20(24-11-10-19-14(2)25-15(3)30-19)26-16-12-17-8-9-18(13-16)27(17)21(28)29-22(4,5)6/h16-18H,7-13H2,1-6H3,(H2,23,24,26). The molecule has 0 aromatic carbocycles. The van der Waals surface area contributed by atoms with E-state index in [1.807, 2.05) is 32.6 Å². The summed E-state index contributed by atoms with van der Waals surface area (Å²) >= 11 is 1.76. The maximum Gasteiger partial charge on any atom is 0.410 e. The summed E-state index contributed by atoms with van der Waals surface area (Å²) in [5.74, 6) is 0.867. The van der Waals surface area contributed by atoms with Crippen molar-refractivity contribution in [1.82, 2.24) is 20.5 Å². The summed E-state index contributed by atoms with van der Waals surface area (Å²) in [6.45, 7) is 13.5. The van der Waals surface area contributed by atoms with E-state index in [9.17, 15) is 4.79 Å². The summed E-state index contributed by atoms with van der Waals surface area (Å²) < 4.78 is 5.65. The molecule has 1 amide bonds. The largest absolute Gasteiger partial charge is 0.444 e. The van der Waals surface area contributed by atoms with E-state index in [1.165, 1.54) is 4.88 Å². The number of hydrogen-bond donors (Lipinski definition) is 2. The van der Waals surface area contributed by atoms with Gasteiger partial charge in [0, 0.05) is 42.5 Å². The molecule has 7 nitrogen and oxygen atoms in total. The summed E-state index contributed by atoms with van der Waals surface area (Å²) in [6, 6.07) is 0.829. The van der Waals surface area contributed by atoms with Gasteiger partial charge in [-0.25, -0.2) is 9.78 Å². The molecule has 2 atom stereocenters. The Bertz CT molecular complexity index is 756. The Balaban J connectivity index is 1.57. The Morgan fingerprint density at radius 1 is 1.27 bits per heavy atom. The molecule has 8 heteroatoms. The molecule has 2 saturated heterocycles. The molecule has 3 heterocycles. The number of aryl methyl sites for hydroxylation is 2. The lowest BCUT2D eigenvalue weighted by Gasteiger charge is -2.40. The number of fused-ring (bicyclic) bond motifs is 2. The van der Waals surface area contributed by atoms with Crippen LogP contribution in [-0.4, -0.2) is 58.8 Å². The molecule has 1 aromatic rings. The van der Waals surface area contributed by atoms with Crippen LogP contribution >= 0.6 is 11.3 Å². The Morgan fingerprint density at radius 2 is 1.93 bits per heavy atom. The number of ether oxygens (including phenoxy) is 1. The summed E-state index contributed by atoms with van der Waals surface area (Å²) in [5, 5.41) is 8.11. The van der Waals surface area contributed by atoms with Crippen LogP contribution in [0, 0.1) is 13.8 Å². The van der Waals surface area contributed by atoms with Gasteiger partial charge in [0.25, 0.3) is 0 Å². The fourth-order valence-electron chi connectivity index (χ4n) is 4.50. The second-order valence-electron chi connectivity index (χ2n) is 9.34. The van der Waals surface area contributed by atoms with Crippen molar-refractivity contribution < 1.29 is 9.53 Å². The van der Waals surface area contributed by atoms with Gasteiger partial charge >= 0.3 is 6.09 Å². The second-order valence-corrected chi connectivity index (χ2v) is 10.6. The normalized spacial score (nSPS) is 24.1. The molecular weight excluding hydrogens is 398 g/mol. The first kappa shape index (κ1) is 22.8. The number of hydrogen-bond acceptors (Lipinski definition) is 5. The van der Waals surface area contributed by atoms with Gasteiger partial charge in [-0.05, 0) is 67.2 Å². The number of thiazole rings is 1. The summed E-state index contributed by atoms with van der Waals surface area (Å²) in [7, 11) is 0. The third-order valence-electron chi connectivity index (χ3n) is 5.63. The van der Waals surface area contributed by atoms with Crippen molar-refractivity contribution in [2.24, 2.45) is 4.99 Å². The highest BCUT2D eigenvalue weighted by Crippen LogP contribution is 2.36. The van der Waals surface area contributed by atoms with Gasteiger partial charge in [0.1, 0.15) is 5.60 Å². The molecule has 2 N–H and O–H groups in total. The van der Waals surface area contributed by atoms with E-state index in [0.29, 0.717) is 6.04 Å². The lowest BCUT2D eigenvalue weighted by atomic mass is 9.98. The van der Waals surface area contributed by atoms with Gasteiger partial charge in [-0.15, -0.1) is 11.3 Å². The quantitative estimate of drug-likeness (QED) is 0.543. The number of aromatic nitrogens is 1. The first-order valence-electron chi connectivity index (χ1n) is 11.2. The average Bonchev–Trinajstić information content (AvgIpc) is 3.09. The average molecular weight is 436 g/mol. The molecule has 2 aliphatic heterocycles. The van der Waals surface area contributed by atoms with Crippen LogP contribution in [0.3, 0.4) is 0 Å². The number of amides is 1. The van der Waals surface area contributed by atoms with Gasteiger partial charge in [-0.2, -0.15) is 0 Å². The highest BCUT2D eigenvalue weighted by Gasteiger charge is 2.45. The molecule has 1 aromatic heterocycles. The Hall–Kier alpha value is -1.83. The Morgan fingerprint density at radius 3 is 2.47 bits per heavy atom. The van der Waals surface area contributed by atoms with Crippen LogP contribution in [0.1, 0.15) is 69.0 Å². The van der Waals surface area contributed by atoms with Crippen LogP contribution in [-0.2, 0) is 11.2 Å². The fourth-order valence-corrected chi connectivity index (χ4v) is 5.42. The molecule has 0 aliphatic carbocycles. The topological polar surface area (TPSA) is 78.9 Å². The van der Waals surface area contributed by atoms with Gasteiger partial charge in [0.05, 0.1) is 10.7 Å². The van der Waals surface area contributed by atoms with E-state index in [2.05, 4.69) is 29.5 Å². The monoisotopic (exact) mass is 435 g/mol. The van der Waals surface area contributed by atoms with Crippen molar-refractivity contribution in [3.05, 3.63) is 15.6 Å². The third-order valence-corrected chi connectivity index (χ3v) is 6.76. The molecule has 3 rings (SSSR count). The minimum atomic E-state index is -0.453. The van der Waals surface area contributed by atoms with E-state index < -0.39 is 5.60 Å². The smallest absolute Gasteiger partial charge is 0.410 e. The number of rotatable bonds is 5. The van der Waals surface area contributed by atoms with Crippen molar-refractivity contribution in [3.8, 4) is 0 Å². The van der Waals surface area contributed by atoms with E-state index in [-0.39, 0.29) is 18.2 Å².